The van der Waals surface area contributed by atoms with E-state index in [1.54, 1.807) is 39.0 Å². The number of rotatable bonds is 11. The van der Waals surface area contributed by atoms with Crippen LogP contribution < -0.4 is 0 Å². The van der Waals surface area contributed by atoms with E-state index in [0.717, 1.165) is 31.4 Å². The molecule has 1 heterocycles. The fourth-order valence-electron chi connectivity index (χ4n) is 4.60. The Morgan fingerprint density at radius 2 is 2.03 bits per heavy atom. The molecule has 5 nitrogen and oxygen atoms in total. The molecule has 35 heavy (non-hydrogen) atoms. The van der Waals surface area contributed by atoms with Crippen LogP contribution in [-0.4, -0.2) is 52.9 Å². The van der Waals surface area contributed by atoms with E-state index in [9.17, 15) is 23.8 Å². The Labute approximate surface area is 206 Å². The maximum Gasteiger partial charge on any atom is 0.331 e. The van der Waals surface area contributed by atoms with Gasteiger partial charge in [-0.15, -0.1) is 0 Å². The van der Waals surface area contributed by atoms with Crippen molar-refractivity contribution in [1.29, 1.82) is 0 Å². The first-order valence-electron chi connectivity index (χ1n) is 12.2. The Bertz CT molecular complexity index is 1060. The van der Waals surface area contributed by atoms with Crippen molar-refractivity contribution < 1.29 is 28.5 Å². The highest BCUT2D eigenvalue weighted by Crippen LogP contribution is 2.26. The molecule has 1 aliphatic rings. The van der Waals surface area contributed by atoms with Gasteiger partial charge in [0.05, 0.1) is 18.8 Å². The summed E-state index contributed by atoms with van der Waals surface area (Å²) >= 11 is 0. The van der Waals surface area contributed by atoms with Crippen molar-refractivity contribution in [3.63, 3.8) is 0 Å². The quantitative estimate of drug-likeness (QED) is 0.421. The maximum atomic E-state index is 14.0. The lowest BCUT2D eigenvalue weighted by atomic mass is 9.99. The number of aliphatic hydroxyl groups excluding tert-OH is 1. The molecule has 0 saturated carbocycles. The van der Waals surface area contributed by atoms with Crippen molar-refractivity contribution in [2.24, 2.45) is 0 Å². The fourth-order valence-corrected chi connectivity index (χ4v) is 4.60. The van der Waals surface area contributed by atoms with E-state index in [-0.39, 0.29) is 24.0 Å². The van der Waals surface area contributed by atoms with Gasteiger partial charge in [0.1, 0.15) is 11.6 Å². The molecule has 1 saturated heterocycles. The number of aryl methyl sites for hydroxylation is 1. The number of hydrogen-bond donors (Lipinski definition) is 2. The van der Waals surface area contributed by atoms with Crippen LogP contribution in [0.25, 0.3) is 6.08 Å². The molecule has 1 aliphatic heterocycles. The lowest BCUT2D eigenvalue weighted by Gasteiger charge is -2.27. The molecule has 3 rings (SSSR count). The summed E-state index contributed by atoms with van der Waals surface area (Å²) in [6.45, 7) is 6.61. The molecule has 7 heteroatoms. The number of carbonyl (C=O) groups is 1. The van der Waals surface area contributed by atoms with Crippen molar-refractivity contribution in [2.75, 3.05) is 19.7 Å². The normalized spacial score (nSPS) is 18.6. The number of aliphatic carboxylic acids is 1. The SMILES string of the molecule is CCC(=Cc1ccc(F)cc1[C@@H](C)OC[C@H](O)CN1CCC[C@H]1Cc1ccc(C)c(F)c1)C(=O)O. The largest absolute Gasteiger partial charge is 0.478 e. The summed E-state index contributed by atoms with van der Waals surface area (Å²) in [4.78, 5) is 13.6. The highest BCUT2D eigenvalue weighted by atomic mass is 19.1. The lowest BCUT2D eigenvalue weighted by Crippen LogP contribution is -2.39. The van der Waals surface area contributed by atoms with Crippen molar-refractivity contribution in [3.05, 3.63) is 75.9 Å². The zero-order chi connectivity index (χ0) is 25.5. The molecule has 0 amide bonds. The predicted octanol–water partition coefficient (Wildman–Crippen LogP) is 5.30. The van der Waals surface area contributed by atoms with E-state index in [0.29, 0.717) is 29.7 Å². The zero-order valence-corrected chi connectivity index (χ0v) is 20.6. The van der Waals surface area contributed by atoms with Gasteiger partial charge < -0.3 is 14.9 Å². The number of hydrogen-bond acceptors (Lipinski definition) is 4. The van der Waals surface area contributed by atoms with Gasteiger partial charge in [0.15, 0.2) is 0 Å². The van der Waals surface area contributed by atoms with Gasteiger partial charge in [-0.2, -0.15) is 0 Å². The molecule has 0 aromatic heterocycles. The highest BCUT2D eigenvalue weighted by Gasteiger charge is 2.27. The molecule has 2 aromatic rings. The second-order valence-corrected chi connectivity index (χ2v) is 9.31. The molecule has 1 fully saturated rings. The lowest BCUT2D eigenvalue weighted by molar-refractivity contribution is -0.132. The van der Waals surface area contributed by atoms with E-state index in [2.05, 4.69) is 4.90 Å². The fraction of sp³-hybridized carbons (Fsp3) is 0.464. The number of carboxylic acid groups (broad SMARTS) is 1. The Hall–Kier alpha value is -2.61. The van der Waals surface area contributed by atoms with Crippen molar-refractivity contribution in [3.8, 4) is 0 Å². The minimum atomic E-state index is -1.01. The average Bonchev–Trinajstić information content (AvgIpc) is 3.24. The van der Waals surface area contributed by atoms with E-state index in [1.807, 2.05) is 6.07 Å². The van der Waals surface area contributed by atoms with Crippen molar-refractivity contribution in [1.82, 2.24) is 4.90 Å². The van der Waals surface area contributed by atoms with Gasteiger partial charge in [-0.05, 0) is 92.6 Å². The third-order valence-electron chi connectivity index (χ3n) is 6.66. The van der Waals surface area contributed by atoms with Crippen LogP contribution in [0, 0.1) is 18.6 Å². The Morgan fingerprint density at radius 1 is 1.26 bits per heavy atom. The van der Waals surface area contributed by atoms with Gasteiger partial charge in [-0.25, -0.2) is 13.6 Å². The number of aliphatic hydroxyl groups is 1. The molecule has 2 N–H and O–H groups in total. The third-order valence-corrected chi connectivity index (χ3v) is 6.66. The second-order valence-electron chi connectivity index (χ2n) is 9.31. The number of β-amino-alcohol motifs (C(OH)–C–C–N with tert-alkyl or cyclic N) is 1. The maximum absolute atomic E-state index is 14.0. The number of halogens is 2. The molecule has 2 aromatic carbocycles. The summed E-state index contributed by atoms with van der Waals surface area (Å²) in [5, 5.41) is 20.0. The summed E-state index contributed by atoms with van der Waals surface area (Å²) in [7, 11) is 0. The molecule has 0 radical (unpaired) electrons. The molecule has 0 unspecified atom stereocenters. The van der Waals surface area contributed by atoms with Crippen LogP contribution in [0.15, 0.2) is 42.0 Å². The van der Waals surface area contributed by atoms with E-state index in [1.165, 1.54) is 18.2 Å². The molecule has 0 spiro atoms. The van der Waals surface area contributed by atoms with Crippen LogP contribution in [0.1, 0.15) is 61.5 Å². The number of ether oxygens (including phenoxy) is 1. The number of nitrogens with zero attached hydrogens (tertiary/aromatic N) is 1. The highest BCUT2D eigenvalue weighted by molar-refractivity contribution is 5.92. The van der Waals surface area contributed by atoms with Gasteiger partial charge in [0.25, 0.3) is 0 Å². The van der Waals surface area contributed by atoms with Gasteiger partial charge in [-0.3, -0.25) is 4.90 Å². The minimum absolute atomic E-state index is 0.0583. The summed E-state index contributed by atoms with van der Waals surface area (Å²) in [5.74, 6) is -1.65. The van der Waals surface area contributed by atoms with Gasteiger partial charge in [-0.1, -0.05) is 25.1 Å². The Morgan fingerprint density at radius 3 is 2.71 bits per heavy atom. The third kappa shape index (κ3) is 7.43. The monoisotopic (exact) mass is 487 g/mol. The van der Waals surface area contributed by atoms with Crippen LogP contribution in [0.4, 0.5) is 8.78 Å². The first kappa shape index (κ1) is 27.0. The standard InChI is InChI=1S/C28H35F2NO4/c1-4-21(28(33)34)14-22-9-10-23(29)15-26(22)19(3)35-17-25(32)16-31-11-5-6-24(31)12-20-8-7-18(2)27(30)13-20/h7-10,13-15,19,24-25,32H,4-6,11-12,16-17H2,1-3H3,(H,33,34)/t19-,24+,25-/m1/s1. The van der Waals surface area contributed by atoms with E-state index < -0.39 is 24.0 Å². The van der Waals surface area contributed by atoms with Crippen LogP contribution in [-0.2, 0) is 16.0 Å². The molecular formula is C28H35F2NO4. The van der Waals surface area contributed by atoms with Crippen molar-refractivity contribution in [2.45, 2.75) is 64.7 Å². The van der Waals surface area contributed by atoms with Crippen LogP contribution >= 0.6 is 0 Å². The van der Waals surface area contributed by atoms with E-state index in [4.69, 9.17) is 4.74 Å². The number of likely N-dealkylation sites (tertiary alicyclic amines) is 1. The van der Waals surface area contributed by atoms with Gasteiger partial charge in [0, 0.05) is 18.2 Å². The Kier molecular flexibility index (Phi) is 9.55. The topological polar surface area (TPSA) is 70.0 Å². The minimum Gasteiger partial charge on any atom is -0.478 e. The van der Waals surface area contributed by atoms with Crippen LogP contribution in [0.3, 0.4) is 0 Å². The molecule has 0 bridgehead atoms. The first-order valence-corrected chi connectivity index (χ1v) is 12.2. The zero-order valence-electron chi connectivity index (χ0n) is 20.6. The number of benzene rings is 2. The van der Waals surface area contributed by atoms with Crippen LogP contribution in [0.2, 0.25) is 0 Å². The van der Waals surface area contributed by atoms with Gasteiger partial charge >= 0.3 is 5.97 Å². The molecular weight excluding hydrogens is 452 g/mol. The van der Waals surface area contributed by atoms with Gasteiger partial charge in [0.2, 0.25) is 0 Å². The summed E-state index contributed by atoms with van der Waals surface area (Å²) in [5.41, 5.74) is 2.91. The molecule has 3 atom stereocenters. The summed E-state index contributed by atoms with van der Waals surface area (Å²) < 4.78 is 33.8. The first-order chi connectivity index (χ1) is 16.7. The Balaban J connectivity index is 1.60. The molecule has 190 valence electrons. The number of carboxylic acids is 1. The van der Waals surface area contributed by atoms with E-state index >= 15 is 0 Å². The second kappa shape index (κ2) is 12.4. The predicted molar refractivity (Wildman–Crippen MR) is 132 cm³/mol. The average molecular weight is 488 g/mol. The smallest absolute Gasteiger partial charge is 0.331 e. The summed E-state index contributed by atoms with van der Waals surface area (Å²) in [6.07, 6.45) is 3.33. The van der Waals surface area contributed by atoms with Crippen molar-refractivity contribution >= 4 is 12.0 Å². The van der Waals surface area contributed by atoms with Crippen LogP contribution in [0.5, 0.6) is 0 Å². The summed E-state index contributed by atoms with van der Waals surface area (Å²) in [6, 6.07) is 9.75. The molecule has 0 aliphatic carbocycles.